The SMILES string of the molecule is CCCCSCC(=O)Nc1c(Cl)cccc1C(=O)O. The van der Waals surface area contributed by atoms with E-state index in [0.29, 0.717) is 5.75 Å². The first-order valence-electron chi connectivity index (χ1n) is 5.95. The highest BCUT2D eigenvalue weighted by Gasteiger charge is 2.15. The van der Waals surface area contributed by atoms with Crippen LogP contribution in [0.5, 0.6) is 0 Å². The summed E-state index contributed by atoms with van der Waals surface area (Å²) in [6, 6.07) is 4.50. The number of hydrogen-bond acceptors (Lipinski definition) is 3. The van der Waals surface area contributed by atoms with Crippen molar-refractivity contribution in [1.29, 1.82) is 0 Å². The minimum Gasteiger partial charge on any atom is -0.478 e. The van der Waals surface area contributed by atoms with Gasteiger partial charge in [0.15, 0.2) is 0 Å². The molecule has 0 aliphatic rings. The first kappa shape index (κ1) is 15.9. The number of amides is 1. The Morgan fingerprint density at radius 3 is 2.79 bits per heavy atom. The van der Waals surface area contributed by atoms with E-state index in [1.54, 1.807) is 6.07 Å². The van der Waals surface area contributed by atoms with Crippen LogP contribution in [0.4, 0.5) is 5.69 Å². The van der Waals surface area contributed by atoms with Gasteiger partial charge in [-0.3, -0.25) is 4.79 Å². The quantitative estimate of drug-likeness (QED) is 0.756. The topological polar surface area (TPSA) is 66.4 Å². The minimum absolute atomic E-state index is 0.000548. The maximum absolute atomic E-state index is 11.7. The fraction of sp³-hybridized carbons (Fsp3) is 0.385. The van der Waals surface area contributed by atoms with E-state index in [-0.39, 0.29) is 22.2 Å². The van der Waals surface area contributed by atoms with E-state index < -0.39 is 5.97 Å². The van der Waals surface area contributed by atoms with Crippen LogP contribution < -0.4 is 5.32 Å². The molecule has 0 aromatic heterocycles. The molecule has 0 spiro atoms. The van der Waals surface area contributed by atoms with Gasteiger partial charge in [-0.1, -0.05) is 31.0 Å². The summed E-state index contributed by atoms with van der Waals surface area (Å²) < 4.78 is 0. The summed E-state index contributed by atoms with van der Waals surface area (Å²) in [5.74, 6) is -0.143. The molecule has 0 radical (unpaired) electrons. The number of unbranched alkanes of at least 4 members (excludes halogenated alkanes) is 1. The lowest BCUT2D eigenvalue weighted by Gasteiger charge is -2.10. The Balaban J connectivity index is 2.66. The summed E-state index contributed by atoms with van der Waals surface area (Å²) in [5.41, 5.74) is 0.164. The Kier molecular flexibility index (Phi) is 6.73. The smallest absolute Gasteiger partial charge is 0.337 e. The molecule has 19 heavy (non-hydrogen) atoms. The summed E-state index contributed by atoms with van der Waals surface area (Å²) in [4.78, 5) is 22.8. The number of carbonyl (C=O) groups excluding carboxylic acids is 1. The van der Waals surface area contributed by atoms with Crippen molar-refractivity contribution in [2.45, 2.75) is 19.8 Å². The van der Waals surface area contributed by atoms with Gasteiger partial charge in [0.05, 0.1) is 22.0 Å². The van der Waals surface area contributed by atoms with Gasteiger partial charge < -0.3 is 10.4 Å². The van der Waals surface area contributed by atoms with Crippen LogP contribution in [0.25, 0.3) is 0 Å². The molecule has 104 valence electrons. The third-order valence-corrected chi connectivity index (χ3v) is 3.74. The monoisotopic (exact) mass is 301 g/mol. The maximum atomic E-state index is 11.7. The summed E-state index contributed by atoms with van der Waals surface area (Å²) >= 11 is 7.44. The van der Waals surface area contributed by atoms with E-state index in [4.69, 9.17) is 16.7 Å². The highest BCUT2D eigenvalue weighted by molar-refractivity contribution is 7.99. The van der Waals surface area contributed by atoms with Crippen molar-refractivity contribution in [3.8, 4) is 0 Å². The van der Waals surface area contributed by atoms with Crippen LogP contribution in [0.2, 0.25) is 5.02 Å². The van der Waals surface area contributed by atoms with Crippen molar-refractivity contribution in [3.05, 3.63) is 28.8 Å². The predicted molar refractivity (Wildman–Crippen MR) is 79.3 cm³/mol. The second-order valence-corrected chi connectivity index (χ2v) is 5.43. The van der Waals surface area contributed by atoms with Crippen molar-refractivity contribution in [2.24, 2.45) is 0 Å². The zero-order chi connectivity index (χ0) is 14.3. The third kappa shape index (κ3) is 5.12. The lowest BCUT2D eigenvalue weighted by molar-refractivity contribution is -0.113. The number of anilines is 1. The number of nitrogens with one attached hydrogen (secondary N) is 1. The molecule has 6 heteroatoms. The molecule has 1 aromatic rings. The van der Waals surface area contributed by atoms with Crippen molar-refractivity contribution < 1.29 is 14.7 Å². The molecule has 0 atom stereocenters. The average molecular weight is 302 g/mol. The van der Waals surface area contributed by atoms with Gasteiger partial charge in [-0.05, 0) is 24.3 Å². The highest BCUT2D eigenvalue weighted by Crippen LogP contribution is 2.26. The molecule has 0 aliphatic carbocycles. The molecular weight excluding hydrogens is 286 g/mol. The molecule has 0 fully saturated rings. The van der Waals surface area contributed by atoms with E-state index in [2.05, 4.69) is 12.2 Å². The molecule has 0 saturated carbocycles. The van der Waals surface area contributed by atoms with Crippen molar-refractivity contribution in [1.82, 2.24) is 0 Å². The molecular formula is C13H16ClNO3S. The molecule has 0 aliphatic heterocycles. The standard InChI is InChI=1S/C13H16ClNO3S/c1-2-3-7-19-8-11(16)15-12-9(13(17)18)5-4-6-10(12)14/h4-6H,2-3,7-8H2,1H3,(H,15,16)(H,17,18). The summed E-state index contributed by atoms with van der Waals surface area (Å²) in [6.45, 7) is 2.09. The Hall–Kier alpha value is -1.20. The molecule has 0 heterocycles. The van der Waals surface area contributed by atoms with Crippen LogP contribution in [-0.4, -0.2) is 28.5 Å². The fourth-order valence-electron chi connectivity index (χ4n) is 1.42. The van der Waals surface area contributed by atoms with Crippen LogP contribution in [0, 0.1) is 0 Å². The van der Waals surface area contributed by atoms with Gasteiger partial charge in [-0.2, -0.15) is 11.8 Å². The molecule has 0 bridgehead atoms. The van der Waals surface area contributed by atoms with Gasteiger partial charge >= 0.3 is 5.97 Å². The maximum Gasteiger partial charge on any atom is 0.337 e. The number of halogens is 1. The van der Waals surface area contributed by atoms with Gasteiger partial charge in [0.2, 0.25) is 5.91 Å². The zero-order valence-corrected chi connectivity index (χ0v) is 12.2. The lowest BCUT2D eigenvalue weighted by Crippen LogP contribution is -2.17. The van der Waals surface area contributed by atoms with Crippen molar-refractivity contribution in [2.75, 3.05) is 16.8 Å². The molecule has 4 nitrogen and oxygen atoms in total. The predicted octanol–water partition coefficient (Wildman–Crippen LogP) is 3.51. The number of aromatic carboxylic acids is 1. The Morgan fingerprint density at radius 1 is 1.42 bits per heavy atom. The largest absolute Gasteiger partial charge is 0.478 e. The third-order valence-electron chi connectivity index (χ3n) is 2.38. The van der Waals surface area contributed by atoms with Crippen LogP contribution in [0.1, 0.15) is 30.1 Å². The van der Waals surface area contributed by atoms with E-state index >= 15 is 0 Å². The van der Waals surface area contributed by atoms with E-state index in [9.17, 15) is 9.59 Å². The summed E-state index contributed by atoms with van der Waals surface area (Å²) in [6.07, 6.45) is 2.15. The second-order valence-electron chi connectivity index (χ2n) is 3.92. The minimum atomic E-state index is -1.11. The first-order valence-corrected chi connectivity index (χ1v) is 7.49. The van der Waals surface area contributed by atoms with Crippen LogP contribution in [-0.2, 0) is 4.79 Å². The second kappa shape index (κ2) is 8.07. The Labute approximate surface area is 121 Å². The van der Waals surface area contributed by atoms with Crippen LogP contribution in [0.15, 0.2) is 18.2 Å². The van der Waals surface area contributed by atoms with Gasteiger partial charge in [-0.15, -0.1) is 0 Å². The van der Waals surface area contributed by atoms with Crippen molar-refractivity contribution >= 4 is 40.9 Å². The average Bonchev–Trinajstić information content (AvgIpc) is 2.37. The number of benzene rings is 1. The normalized spacial score (nSPS) is 10.2. The van der Waals surface area contributed by atoms with Crippen molar-refractivity contribution in [3.63, 3.8) is 0 Å². The molecule has 0 saturated heterocycles. The number of hydrogen-bond donors (Lipinski definition) is 2. The molecule has 2 N–H and O–H groups in total. The van der Waals surface area contributed by atoms with Crippen LogP contribution >= 0.6 is 23.4 Å². The van der Waals surface area contributed by atoms with E-state index in [1.165, 1.54) is 23.9 Å². The fourth-order valence-corrected chi connectivity index (χ4v) is 2.53. The molecule has 1 rings (SSSR count). The number of carboxylic acid groups (broad SMARTS) is 1. The summed E-state index contributed by atoms with van der Waals surface area (Å²) in [5, 5.41) is 11.8. The first-order chi connectivity index (χ1) is 9.06. The van der Waals surface area contributed by atoms with Gasteiger partial charge in [-0.25, -0.2) is 4.79 Å². The van der Waals surface area contributed by atoms with Gasteiger partial charge in [0.25, 0.3) is 0 Å². The number of carboxylic acids is 1. The highest BCUT2D eigenvalue weighted by atomic mass is 35.5. The molecule has 0 unspecified atom stereocenters. The summed E-state index contributed by atoms with van der Waals surface area (Å²) in [7, 11) is 0. The van der Waals surface area contributed by atoms with Crippen LogP contribution in [0.3, 0.4) is 0 Å². The molecule has 1 amide bonds. The Bertz CT molecular complexity index is 465. The zero-order valence-electron chi connectivity index (χ0n) is 10.6. The van der Waals surface area contributed by atoms with Gasteiger partial charge in [0, 0.05) is 0 Å². The number of carbonyl (C=O) groups is 2. The lowest BCUT2D eigenvalue weighted by atomic mass is 10.2. The van der Waals surface area contributed by atoms with E-state index in [0.717, 1.165) is 18.6 Å². The van der Waals surface area contributed by atoms with E-state index in [1.807, 2.05) is 0 Å². The number of para-hydroxylation sites is 1. The molecule has 1 aromatic carbocycles. The van der Waals surface area contributed by atoms with Gasteiger partial charge in [0.1, 0.15) is 0 Å². The number of thioether (sulfide) groups is 1. The number of rotatable bonds is 7. The Morgan fingerprint density at radius 2 is 2.16 bits per heavy atom.